The number of nitrogens with one attached hydrogen (secondary N) is 1. The molecule has 0 unspecified atom stereocenters. The first-order valence-electron chi connectivity index (χ1n) is 8.45. The van der Waals surface area contributed by atoms with Crippen LogP contribution in [0.2, 0.25) is 0 Å². The van der Waals surface area contributed by atoms with E-state index in [9.17, 15) is 4.39 Å². The van der Waals surface area contributed by atoms with Crippen molar-refractivity contribution in [2.24, 2.45) is 0 Å². The number of aromatic nitrogens is 4. The Kier molecular flexibility index (Phi) is 4.53. The third-order valence-corrected chi connectivity index (χ3v) is 4.01. The predicted octanol–water partition coefficient (Wildman–Crippen LogP) is 4.79. The van der Waals surface area contributed by atoms with Crippen LogP contribution in [0.25, 0.3) is 22.8 Å². The number of rotatable bonds is 4. The van der Waals surface area contributed by atoms with Gasteiger partial charge in [0.05, 0.1) is 0 Å². The normalized spacial score (nSPS) is 10.6. The summed E-state index contributed by atoms with van der Waals surface area (Å²) in [5.41, 5.74) is 3.98. The molecule has 2 aromatic heterocycles. The van der Waals surface area contributed by atoms with E-state index in [1.807, 2.05) is 49.4 Å². The van der Waals surface area contributed by atoms with E-state index in [1.54, 1.807) is 18.3 Å². The van der Waals surface area contributed by atoms with Crippen LogP contribution in [0.4, 0.5) is 15.9 Å². The number of halogens is 1. The Morgan fingerprint density at radius 3 is 2.33 bits per heavy atom. The van der Waals surface area contributed by atoms with Crippen LogP contribution < -0.4 is 5.32 Å². The van der Waals surface area contributed by atoms with E-state index in [-0.39, 0.29) is 5.82 Å². The number of benzene rings is 2. The Balaban J connectivity index is 1.80. The fourth-order valence-corrected chi connectivity index (χ4v) is 2.59. The van der Waals surface area contributed by atoms with Gasteiger partial charge in [-0.25, -0.2) is 9.37 Å². The van der Waals surface area contributed by atoms with Crippen LogP contribution in [-0.2, 0) is 0 Å². The first-order chi connectivity index (χ1) is 13.2. The largest absolute Gasteiger partial charge is 0.338 e. The van der Waals surface area contributed by atoms with Crippen molar-refractivity contribution < 1.29 is 4.39 Å². The van der Waals surface area contributed by atoms with Crippen molar-refractivity contribution in [3.05, 3.63) is 84.3 Å². The Morgan fingerprint density at radius 1 is 0.852 bits per heavy atom. The van der Waals surface area contributed by atoms with Crippen molar-refractivity contribution in [2.45, 2.75) is 6.92 Å². The molecule has 2 aromatic carbocycles. The van der Waals surface area contributed by atoms with Gasteiger partial charge in [0.2, 0.25) is 5.82 Å². The van der Waals surface area contributed by atoms with E-state index >= 15 is 0 Å². The molecule has 2 heterocycles. The average Bonchev–Trinajstić information content (AvgIpc) is 2.71. The Morgan fingerprint density at radius 2 is 1.63 bits per heavy atom. The number of aryl methyl sites for hydroxylation is 1. The molecule has 0 amide bonds. The monoisotopic (exact) mass is 357 g/mol. The molecule has 5 nitrogen and oxygen atoms in total. The van der Waals surface area contributed by atoms with Gasteiger partial charge in [-0.2, -0.15) is 0 Å². The van der Waals surface area contributed by atoms with E-state index in [2.05, 4.69) is 25.5 Å². The number of nitrogens with zero attached hydrogens (tertiary/aromatic N) is 4. The van der Waals surface area contributed by atoms with Gasteiger partial charge in [0.1, 0.15) is 17.2 Å². The minimum Gasteiger partial charge on any atom is -0.338 e. The summed E-state index contributed by atoms with van der Waals surface area (Å²) in [5.74, 6) is 0.645. The lowest BCUT2D eigenvalue weighted by Crippen LogP contribution is -2.04. The molecule has 132 valence electrons. The van der Waals surface area contributed by atoms with E-state index in [1.165, 1.54) is 12.1 Å². The minimum absolute atomic E-state index is 0.297. The van der Waals surface area contributed by atoms with Crippen molar-refractivity contribution in [1.29, 1.82) is 0 Å². The van der Waals surface area contributed by atoms with Gasteiger partial charge < -0.3 is 5.32 Å². The second-order valence-electron chi connectivity index (χ2n) is 6.05. The van der Waals surface area contributed by atoms with Gasteiger partial charge in [-0.05, 0) is 43.3 Å². The molecule has 4 rings (SSSR count). The molecule has 0 aliphatic rings. The van der Waals surface area contributed by atoms with Crippen LogP contribution in [0.15, 0.2) is 72.9 Å². The van der Waals surface area contributed by atoms with Gasteiger partial charge in [0.25, 0.3) is 0 Å². The molecule has 0 aliphatic carbocycles. The molecule has 0 fully saturated rings. The summed E-state index contributed by atoms with van der Waals surface area (Å²) < 4.78 is 13.2. The fraction of sp³-hybridized carbons (Fsp3) is 0.0476. The van der Waals surface area contributed by atoms with Crippen LogP contribution in [0, 0.1) is 12.7 Å². The highest BCUT2D eigenvalue weighted by atomic mass is 19.1. The van der Waals surface area contributed by atoms with Gasteiger partial charge in [0, 0.05) is 17.4 Å². The Hall–Kier alpha value is -3.67. The minimum atomic E-state index is -0.297. The van der Waals surface area contributed by atoms with Crippen molar-refractivity contribution in [2.75, 3.05) is 5.32 Å². The van der Waals surface area contributed by atoms with Crippen molar-refractivity contribution in [3.8, 4) is 22.8 Å². The smallest absolute Gasteiger partial charge is 0.202 e. The lowest BCUT2D eigenvalue weighted by Gasteiger charge is -2.11. The molecule has 0 atom stereocenters. The molecule has 0 saturated carbocycles. The molecule has 0 aliphatic heterocycles. The summed E-state index contributed by atoms with van der Waals surface area (Å²) in [4.78, 5) is 8.90. The zero-order valence-corrected chi connectivity index (χ0v) is 14.6. The van der Waals surface area contributed by atoms with E-state index < -0.39 is 0 Å². The zero-order valence-electron chi connectivity index (χ0n) is 14.6. The first-order valence-corrected chi connectivity index (χ1v) is 8.45. The maximum absolute atomic E-state index is 13.2. The summed E-state index contributed by atoms with van der Waals surface area (Å²) in [6.07, 6.45) is 1.68. The lowest BCUT2D eigenvalue weighted by molar-refractivity contribution is 0.628. The van der Waals surface area contributed by atoms with Gasteiger partial charge >= 0.3 is 0 Å². The number of anilines is 2. The summed E-state index contributed by atoms with van der Waals surface area (Å²) >= 11 is 0. The third kappa shape index (κ3) is 3.79. The Bertz CT molecular complexity index is 1050. The van der Waals surface area contributed by atoms with Crippen molar-refractivity contribution >= 4 is 11.5 Å². The van der Waals surface area contributed by atoms with Crippen LogP contribution in [-0.4, -0.2) is 20.2 Å². The highest BCUT2D eigenvalue weighted by Gasteiger charge is 2.13. The van der Waals surface area contributed by atoms with Gasteiger partial charge in [-0.15, -0.1) is 10.2 Å². The van der Waals surface area contributed by atoms with Crippen molar-refractivity contribution in [1.82, 2.24) is 20.2 Å². The van der Waals surface area contributed by atoms with E-state index in [4.69, 9.17) is 0 Å². The van der Waals surface area contributed by atoms with Gasteiger partial charge in [-0.1, -0.05) is 35.9 Å². The molecule has 27 heavy (non-hydrogen) atoms. The lowest BCUT2D eigenvalue weighted by atomic mass is 10.1. The van der Waals surface area contributed by atoms with E-state index in [0.29, 0.717) is 28.7 Å². The van der Waals surface area contributed by atoms with E-state index in [0.717, 1.165) is 11.1 Å². The summed E-state index contributed by atoms with van der Waals surface area (Å²) in [6.45, 7) is 2.02. The topological polar surface area (TPSA) is 63.6 Å². The Labute approximate surface area is 156 Å². The average molecular weight is 357 g/mol. The molecule has 0 bridgehead atoms. The fourth-order valence-electron chi connectivity index (χ4n) is 2.59. The number of hydrogen-bond donors (Lipinski definition) is 1. The van der Waals surface area contributed by atoms with Crippen molar-refractivity contribution in [3.63, 3.8) is 0 Å². The maximum atomic E-state index is 13.2. The molecule has 0 radical (unpaired) electrons. The highest BCUT2D eigenvalue weighted by Crippen LogP contribution is 2.28. The molecule has 4 aromatic rings. The molecular formula is C21H16FN5. The number of pyridine rings is 1. The van der Waals surface area contributed by atoms with Crippen LogP contribution in [0.3, 0.4) is 0 Å². The molecule has 6 heteroatoms. The quantitative estimate of drug-likeness (QED) is 0.569. The van der Waals surface area contributed by atoms with Gasteiger partial charge in [-0.3, -0.25) is 4.98 Å². The maximum Gasteiger partial charge on any atom is 0.202 e. The molecule has 0 saturated heterocycles. The third-order valence-electron chi connectivity index (χ3n) is 4.01. The SMILES string of the molecule is Cc1ccc(-c2nnc(-c3ccccn3)nc2Nc2ccc(F)cc2)cc1. The zero-order chi connectivity index (χ0) is 18.6. The van der Waals surface area contributed by atoms with Crippen LogP contribution >= 0.6 is 0 Å². The van der Waals surface area contributed by atoms with Gasteiger partial charge in [0.15, 0.2) is 5.82 Å². The second-order valence-corrected chi connectivity index (χ2v) is 6.05. The highest BCUT2D eigenvalue weighted by molar-refractivity contribution is 5.76. The summed E-state index contributed by atoms with van der Waals surface area (Å²) in [7, 11) is 0. The summed E-state index contributed by atoms with van der Waals surface area (Å²) in [6, 6.07) is 19.6. The predicted molar refractivity (Wildman–Crippen MR) is 103 cm³/mol. The number of hydrogen-bond acceptors (Lipinski definition) is 5. The molecule has 1 N–H and O–H groups in total. The molecule has 0 spiro atoms. The molecular weight excluding hydrogens is 341 g/mol. The van der Waals surface area contributed by atoms with Crippen LogP contribution in [0.5, 0.6) is 0 Å². The first kappa shape index (κ1) is 16.8. The second kappa shape index (κ2) is 7.29. The van der Waals surface area contributed by atoms with Crippen LogP contribution in [0.1, 0.15) is 5.56 Å². The standard InChI is InChI=1S/C21H16FN5/c1-14-5-7-15(8-6-14)19-21(24-17-11-9-16(22)10-12-17)25-20(27-26-19)18-4-2-3-13-23-18/h2-13H,1H3,(H,24,25,27). The summed E-state index contributed by atoms with van der Waals surface area (Å²) in [5, 5.41) is 11.8.